The Morgan fingerprint density at radius 3 is 2.93 bits per heavy atom. The quantitative estimate of drug-likeness (QED) is 0.839. The van der Waals surface area contributed by atoms with Gasteiger partial charge in [-0.15, -0.1) is 0 Å². The lowest BCUT2D eigenvalue weighted by molar-refractivity contribution is -0.115. The van der Waals surface area contributed by atoms with Crippen LogP contribution in [0.15, 0.2) is 22.7 Å². The van der Waals surface area contributed by atoms with Gasteiger partial charge in [0.2, 0.25) is 5.91 Å². The van der Waals surface area contributed by atoms with Gasteiger partial charge in [0.1, 0.15) is 6.07 Å². The molecule has 0 atom stereocenters. The van der Waals surface area contributed by atoms with Gasteiger partial charge < -0.3 is 5.32 Å². The number of thiol groups is 1. The van der Waals surface area contributed by atoms with Crippen molar-refractivity contribution < 1.29 is 4.79 Å². The molecule has 1 aromatic carbocycles. The molecule has 78 valence electrons. The first-order valence-electron chi connectivity index (χ1n) is 4.27. The van der Waals surface area contributed by atoms with E-state index in [0.29, 0.717) is 23.4 Å². The van der Waals surface area contributed by atoms with E-state index < -0.39 is 0 Å². The van der Waals surface area contributed by atoms with E-state index in [1.165, 1.54) is 0 Å². The predicted molar refractivity (Wildman–Crippen MR) is 66.0 cm³/mol. The topological polar surface area (TPSA) is 52.9 Å². The maximum atomic E-state index is 11.3. The number of nitrogens with zero attached hydrogens (tertiary/aromatic N) is 1. The van der Waals surface area contributed by atoms with Crippen molar-refractivity contribution in [1.82, 2.24) is 0 Å². The number of nitriles is 1. The molecule has 0 fully saturated rings. The molecule has 0 bridgehead atoms. The lowest BCUT2D eigenvalue weighted by Crippen LogP contribution is -2.12. The van der Waals surface area contributed by atoms with Crippen LogP contribution in [0.5, 0.6) is 0 Å². The van der Waals surface area contributed by atoms with Crippen LogP contribution in [-0.2, 0) is 4.79 Å². The molecule has 1 N–H and O–H groups in total. The number of hydrogen-bond donors (Lipinski definition) is 2. The molecule has 0 radical (unpaired) electrons. The van der Waals surface area contributed by atoms with Crippen molar-refractivity contribution in [1.29, 1.82) is 5.26 Å². The van der Waals surface area contributed by atoms with Crippen molar-refractivity contribution in [2.24, 2.45) is 0 Å². The Bertz CT molecular complexity index is 414. The van der Waals surface area contributed by atoms with Crippen LogP contribution in [-0.4, -0.2) is 11.7 Å². The molecule has 0 saturated heterocycles. The van der Waals surface area contributed by atoms with Gasteiger partial charge in [-0.3, -0.25) is 4.79 Å². The van der Waals surface area contributed by atoms with E-state index in [1.54, 1.807) is 18.2 Å². The van der Waals surface area contributed by atoms with Crippen LogP contribution in [0, 0.1) is 11.3 Å². The average Bonchev–Trinajstić information content (AvgIpc) is 2.21. The minimum Gasteiger partial charge on any atom is -0.325 e. The van der Waals surface area contributed by atoms with E-state index in [0.717, 1.165) is 4.47 Å². The van der Waals surface area contributed by atoms with E-state index in [1.807, 2.05) is 6.07 Å². The number of amides is 1. The molecule has 0 aromatic heterocycles. The SMILES string of the molecule is N#Cc1cc(Br)ccc1NC(=O)CCS. The van der Waals surface area contributed by atoms with Crippen molar-refractivity contribution >= 4 is 40.2 Å². The molecule has 5 heteroatoms. The average molecular weight is 285 g/mol. The Morgan fingerprint density at radius 1 is 1.60 bits per heavy atom. The van der Waals surface area contributed by atoms with Crippen molar-refractivity contribution in [3.05, 3.63) is 28.2 Å². The highest BCUT2D eigenvalue weighted by atomic mass is 79.9. The van der Waals surface area contributed by atoms with Gasteiger partial charge in [-0.05, 0) is 24.0 Å². The van der Waals surface area contributed by atoms with Crippen LogP contribution in [0.2, 0.25) is 0 Å². The Balaban J connectivity index is 2.86. The number of benzene rings is 1. The first-order valence-corrected chi connectivity index (χ1v) is 5.70. The lowest BCUT2D eigenvalue weighted by atomic mass is 10.2. The largest absolute Gasteiger partial charge is 0.325 e. The van der Waals surface area contributed by atoms with E-state index in [9.17, 15) is 4.79 Å². The monoisotopic (exact) mass is 284 g/mol. The number of anilines is 1. The second-order valence-corrected chi connectivity index (χ2v) is 4.19. The van der Waals surface area contributed by atoms with E-state index in [-0.39, 0.29) is 5.91 Å². The highest BCUT2D eigenvalue weighted by molar-refractivity contribution is 9.10. The maximum Gasteiger partial charge on any atom is 0.225 e. The molecular formula is C10H9BrN2OS. The van der Waals surface area contributed by atoms with Gasteiger partial charge in [0.05, 0.1) is 11.3 Å². The van der Waals surface area contributed by atoms with Crippen LogP contribution in [0.25, 0.3) is 0 Å². The molecule has 0 aliphatic carbocycles. The number of rotatable bonds is 3. The standard InChI is InChI=1S/C10H9BrN2OS/c11-8-1-2-9(7(5-8)6-12)13-10(14)3-4-15/h1-2,5,15H,3-4H2,(H,13,14). The molecule has 1 aromatic rings. The molecule has 0 unspecified atom stereocenters. The van der Waals surface area contributed by atoms with Gasteiger partial charge in [-0.25, -0.2) is 0 Å². The zero-order chi connectivity index (χ0) is 11.3. The third kappa shape index (κ3) is 3.57. The summed E-state index contributed by atoms with van der Waals surface area (Å²) in [4.78, 5) is 11.3. The zero-order valence-corrected chi connectivity index (χ0v) is 10.3. The normalized spacial score (nSPS) is 9.40. The highest BCUT2D eigenvalue weighted by Crippen LogP contribution is 2.20. The summed E-state index contributed by atoms with van der Waals surface area (Å²) in [6.07, 6.45) is 0.337. The Labute approximate surface area is 102 Å². The van der Waals surface area contributed by atoms with Crippen LogP contribution >= 0.6 is 28.6 Å². The number of carbonyl (C=O) groups excluding carboxylic acids is 1. The lowest BCUT2D eigenvalue weighted by Gasteiger charge is -2.06. The van der Waals surface area contributed by atoms with Crippen molar-refractivity contribution in [3.8, 4) is 6.07 Å². The number of hydrogen-bond acceptors (Lipinski definition) is 3. The van der Waals surface area contributed by atoms with E-state index in [2.05, 4.69) is 33.9 Å². The van der Waals surface area contributed by atoms with Crippen molar-refractivity contribution in [2.75, 3.05) is 11.1 Å². The second kappa shape index (κ2) is 5.79. The van der Waals surface area contributed by atoms with Gasteiger partial charge in [-0.1, -0.05) is 15.9 Å². The number of carbonyl (C=O) groups is 1. The van der Waals surface area contributed by atoms with Gasteiger partial charge in [0.15, 0.2) is 0 Å². The summed E-state index contributed by atoms with van der Waals surface area (Å²) in [5, 5.41) is 11.5. The summed E-state index contributed by atoms with van der Waals surface area (Å²) >= 11 is 7.22. The van der Waals surface area contributed by atoms with E-state index >= 15 is 0 Å². The minimum absolute atomic E-state index is 0.135. The molecule has 0 aliphatic rings. The van der Waals surface area contributed by atoms with Crippen LogP contribution in [0.1, 0.15) is 12.0 Å². The maximum absolute atomic E-state index is 11.3. The fourth-order valence-corrected chi connectivity index (χ4v) is 1.60. The van der Waals surface area contributed by atoms with Gasteiger partial charge in [-0.2, -0.15) is 17.9 Å². The first kappa shape index (κ1) is 12.1. The third-order valence-corrected chi connectivity index (χ3v) is 2.43. The van der Waals surface area contributed by atoms with Gasteiger partial charge in [0.25, 0.3) is 0 Å². The minimum atomic E-state index is -0.135. The smallest absolute Gasteiger partial charge is 0.225 e. The molecule has 1 rings (SSSR count). The Morgan fingerprint density at radius 2 is 2.33 bits per heavy atom. The molecule has 3 nitrogen and oxygen atoms in total. The van der Waals surface area contributed by atoms with Crippen LogP contribution < -0.4 is 5.32 Å². The molecular weight excluding hydrogens is 276 g/mol. The van der Waals surface area contributed by atoms with Crippen molar-refractivity contribution in [3.63, 3.8) is 0 Å². The molecule has 0 spiro atoms. The summed E-state index contributed by atoms with van der Waals surface area (Å²) in [5.74, 6) is 0.355. The number of nitrogens with one attached hydrogen (secondary N) is 1. The molecule has 0 saturated carbocycles. The molecule has 0 aliphatic heterocycles. The Hall–Kier alpha value is -0.990. The predicted octanol–water partition coefficient (Wildman–Crippen LogP) is 2.58. The summed E-state index contributed by atoms with van der Waals surface area (Å²) in [7, 11) is 0. The van der Waals surface area contributed by atoms with Gasteiger partial charge in [0, 0.05) is 10.9 Å². The van der Waals surface area contributed by atoms with Crippen molar-refractivity contribution in [2.45, 2.75) is 6.42 Å². The van der Waals surface area contributed by atoms with E-state index in [4.69, 9.17) is 5.26 Å². The summed E-state index contributed by atoms with van der Waals surface area (Å²) < 4.78 is 0.811. The Kier molecular flexibility index (Phi) is 4.66. The van der Waals surface area contributed by atoms with Crippen LogP contribution in [0.3, 0.4) is 0 Å². The second-order valence-electron chi connectivity index (χ2n) is 2.82. The first-order chi connectivity index (χ1) is 7.17. The highest BCUT2D eigenvalue weighted by Gasteiger charge is 2.06. The molecule has 15 heavy (non-hydrogen) atoms. The molecule has 1 amide bonds. The zero-order valence-electron chi connectivity index (χ0n) is 7.83. The van der Waals surface area contributed by atoms with Crippen LogP contribution in [0.4, 0.5) is 5.69 Å². The fraction of sp³-hybridized carbons (Fsp3) is 0.200. The summed E-state index contributed by atoms with van der Waals surface area (Å²) in [6.45, 7) is 0. The number of halogens is 1. The van der Waals surface area contributed by atoms with Gasteiger partial charge >= 0.3 is 0 Å². The summed E-state index contributed by atoms with van der Waals surface area (Å²) in [6, 6.07) is 7.15. The molecule has 0 heterocycles. The third-order valence-electron chi connectivity index (χ3n) is 1.72. The fourth-order valence-electron chi connectivity index (χ4n) is 1.03. The summed E-state index contributed by atoms with van der Waals surface area (Å²) in [5.41, 5.74) is 0.976.